The van der Waals surface area contributed by atoms with Crippen LogP contribution in [0.3, 0.4) is 0 Å². The van der Waals surface area contributed by atoms with Gasteiger partial charge in [0.1, 0.15) is 17.2 Å². The topological polar surface area (TPSA) is 124 Å². The van der Waals surface area contributed by atoms with Crippen molar-refractivity contribution >= 4 is 29.2 Å². The zero-order valence-electron chi connectivity index (χ0n) is 20.7. The van der Waals surface area contributed by atoms with Gasteiger partial charge < -0.3 is 20.3 Å². The molecule has 4 N–H and O–H groups in total. The predicted octanol–water partition coefficient (Wildman–Crippen LogP) is 3.92. The maximum atomic E-state index is 15.8. The van der Waals surface area contributed by atoms with Crippen LogP contribution < -0.4 is 5.32 Å². The summed E-state index contributed by atoms with van der Waals surface area (Å²) in [5.74, 6) is -1.61. The number of piperidine rings is 1. The Morgan fingerprint density at radius 1 is 1.21 bits per heavy atom. The quantitative estimate of drug-likeness (QED) is 0.335. The molecule has 0 amide bonds. The summed E-state index contributed by atoms with van der Waals surface area (Å²) in [6.45, 7) is 2.70. The van der Waals surface area contributed by atoms with Gasteiger partial charge in [-0.15, -0.1) is 0 Å². The fourth-order valence-electron chi connectivity index (χ4n) is 5.00. The van der Waals surface area contributed by atoms with Crippen LogP contribution in [0.1, 0.15) is 35.4 Å². The van der Waals surface area contributed by atoms with Gasteiger partial charge in [0, 0.05) is 35.9 Å². The van der Waals surface area contributed by atoms with E-state index >= 15 is 4.39 Å². The lowest BCUT2D eigenvalue weighted by molar-refractivity contribution is -0.186. The van der Waals surface area contributed by atoms with Gasteiger partial charge in [0.2, 0.25) is 0 Å². The molecule has 0 spiro atoms. The number of rotatable bonds is 8. The fraction of sp³-hybridized carbons (Fsp3) is 0.423. The van der Waals surface area contributed by atoms with Crippen LogP contribution in [-0.4, -0.2) is 62.6 Å². The molecule has 9 nitrogen and oxygen atoms in total. The number of nitrogens with zero attached hydrogens (tertiary/aromatic N) is 3. The summed E-state index contributed by atoms with van der Waals surface area (Å²) in [7, 11) is 0. The zero-order chi connectivity index (χ0) is 27.1. The van der Waals surface area contributed by atoms with E-state index in [2.05, 4.69) is 20.5 Å². The van der Waals surface area contributed by atoms with Gasteiger partial charge >= 0.3 is 5.97 Å². The molecule has 3 aromatic rings. The number of carboxylic acid groups (broad SMARTS) is 1. The number of aryl methyl sites for hydroxylation is 1. The SMILES string of the molecule is Cc1cc(Nc2cc(C3(O)COC3)c(F)c(CC3(C(=O)O)CCN(Cc4cccc(Cl)c4F)CC3)n2)n[nH]1. The van der Waals surface area contributed by atoms with Crippen molar-refractivity contribution in [3.63, 3.8) is 0 Å². The van der Waals surface area contributed by atoms with E-state index in [0.717, 1.165) is 5.69 Å². The number of ether oxygens (including phenoxy) is 1. The normalized spacial score (nSPS) is 18.7. The standard InChI is InChI=1S/C26H28ClF2N5O4/c1-15-9-21(33-32-15)31-20-10-17(26(37)13-38-14-26)23(29)19(30-20)11-25(24(35)36)5-7-34(8-6-25)12-16-3-2-4-18(27)22(16)28/h2-4,9-10,37H,5-8,11-14H2,1H3,(H,35,36)(H2,30,31,32,33). The van der Waals surface area contributed by atoms with Gasteiger partial charge in [0.05, 0.1) is 29.3 Å². The van der Waals surface area contributed by atoms with Crippen LogP contribution in [0.4, 0.5) is 20.4 Å². The highest BCUT2D eigenvalue weighted by molar-refractivity contribution is 6.30. The first-order valence-electron chi connectivity index (χ1n) is 12.3. The van der Waals surface area contributed by atoms with Crippen LogP contribution >= 0.6 is 11.6 Å². The summed E-state index contributed by atoms with van der Waals surface area (Å²) >= 11 is 5.90. The van der Waals surface area contributed by atoms with Crippen LogP contribution in [-0.2, 0) is 28.1 Å². The number of aromatic amines is 1. The van der Waals surface area contributed by atoms with Gasteiger partial charge in [-0.05, 0) is 45.0 Å². The number of carboxylic acids is 1. The van der Waals surface area contributed by atoms with E-state index in [1.165, 1.54) is 12.1 Å². The summed E-state index contributed by atoms with van der Waals surface area (Å²) in [5.41, 5.74) is -1.64. The number of aliphatic carboxylic acids is 1. The average molecular weight is 548 g/mol. The minimum Gasteiger partial charge on any atom is -0.481 e. The Hall–Kier alpha value is -3.12. The molecule has 5 rings (SSSR count). The van der Waals surface area contributed by atoms with E-state index in [4.69, 9.17) is 16.3 Å². The molecule has 38 heavy (non-hydrogen) atoms. The Balaban J connectivity index is 1.40. The molecule has 0 bridgehead atoms. The molecular formula is C26H28ClF2N5O4. The first kappa shape index (κ1) is 26.5. The summed E-state index contributed by atoms with van der Waals surface area (Å²) in [4.78, 5) is 18.9. The second kappa shape index (κ2) is 10.2. The van der Waals surface area contributed by atoms with E-state index in [1.54, 1.807) is 18.2 Å². The molecule has 2 aliphatic rings. The molecule has 202 valence electrons. The number of hydrogen-bond acceptors (Lipinski definition) is 7. The molecule has 12 heteroatoms. The lowest BCUT2D eigenvalue weighted by atomic mass is 9.74. The van der Waals surface area contributed by atoms with Gasteiger partial charge in [0.15, 0.2) is 11.6 Å². The van der Waals surface area contributed by atoms with Crippen LogP contribution in [0, 0.1) is 24.0 Å². The Labute approximate surface area is 222 Å². The second-order valence-corrected chi connectivity index (χ2v) is 10.6. The molecule has 0 aliphatic carbocycles. The molecule has 4 heterocycles. The van der Waals surface area contributed by atoms with Crippen molar-refractivity contribution in [1.82, 2.24) is 20.1 Å². The van der Waals surface area contributed by atoms with Crippen molar-refractivity contribution < 1.29 is 28.5 Å². The predicted molar refractivity (Wildman–Crippen MR) is 135 cm³/mol. The summed E-state index contributed by atoms with van der Waals surface area (Å²) in [6, 6.07) is 7.94. The minimum atomic E-state index is -1.53. The second-order valence-electron chi connectivity index (χ2n) is 10.2. The molecule has 2 fully saturated rings. The van der Waals surface area contributed by atoms with Gasteiger partial charge in [-0.3, -0.25) is 14.8 Å². The molecule has 0 atom stereocenters. The molecule has 0 unspecified atom stereocenters. The highest BCUT2D eigenvalue weighted by Crippen LogP contribution is 2.40. The molecular weight excluding hydrogens is 520 g/mol. The fourth-order valence-corrected chi connectivity index (χ4v) is 5.20. The molecule has 1 aromatic carbocycles. The number of hydrogen-bond donors (Lipinski definition) is 4. The highest BCUT2D eigenvalue weighted by Gasteiger charge is 2.45. The van der Waals surface area contributed by atoms with Crippen molar-refractivity contribution in [3.8, 4) is 0 Å². The average Bonchev–Trinajstić information content (AvgIpc) is 3.27. The maximum Gasteiger partial charge on any atom is 0.310 e. The summed E-state index contributed by atoms with van der Waals surface area (Å²) in [5, 5.41) is 31.1. The van der Waals surface area contributed by atoms with Crippen molar-refractivity contribution in [3.05, 3.63) is 69.5 Å². The number of carbonyl (C=O) groups is 1. The molecule has 2 aliphatic heterocycles. The largest absolute Gasteiger partial charge is 0.481 e. The third-order valence-corrected chi connectivity index (χ3v) is 7.66. The highest BCUT2D eigenvalue weighted by atomic mass is 35.5. The third-order valence-electron chi connectivity index (χ3n) is 7.37. The number of aromatic nitrogens is 3. The third kappa shape index (κ3) is 5.11. The van der Waals surface area contributed by atoms with E-state index in [0.29, 0.717) is 24.5 Å². The molecule has 2 saturated heterocycles. The van der Waals surface area contributed by atoms with Crippen LogP contribution in [0.25, 0.3) is 0 Å². The summed E-state index contributed by atoms with van der Waals surface area (Å²) < 4.78 is 35.3. The Bertz CT molecular complexity index is 1360. The van der Waals surface area contributed by atoms with Crippen LogP contribution in [0.15, 0.2) is 30.3 Å². The van der Waals surface area contributed by atoms with Gasteiger partial charge in [-0.25, -0.2) is 13.8 Å². The van der Waals surface area contributed by atoms with E-state index in [9.17, 15) is 19.4 Å². The van der Waals surface area contributed by atoms with Crippen LogP contribution in [0.2, 0.25) is 5.02 Å². The number of halogens is 3. The number of nitrogens with one attached hydrogen (secondary N) is 2. The number of pyridine rings is 1. The van der Waals surface area contributed by atoms with Crippen molar-refractivity contribution in [1.29, 1.82) is 0 Å². The van der Waals surface area contributed by atoms with Gasteiger partial charge in [-0.2, -0.15) is 5.10 Å². The zero-order valence-corrected chi connectivity index (χ0v) is 21.5. The van der Waals surface area contributed by atoms with Gasteiger partial charge in [0.25, 0.3) is 0 Å². The smallest absolute Gasteiger partial charge is 0.310 e. The van der Waals surface area contributed by atoms with Crippen molar-refractivity contribution in [2.75, 3.05) is 31.6 Å². The molecule has 0 radical (unpaired) electrons. The Morgan fingerprint density at radius 3 is 2.55 bits per heavy atom. The number of likely N-dealkylation sites (tertiary alicyclic amines) is 1. The van der Waals surface area contributed by atoms with Crippen LogP contribution in [0.5, 0.6) is 0 Å². The monoisotopic (exact) mass is 547 g/mol. The first-order chi connectivity index (χ1) is 18.1. The number of benzene rings is 1. The van der Waals surface area contributed by atoms with E-state index in [-0.39, 0.29) is 61.1 Å². The number of aliphatic hydroxyl groups is 1. The first-order valence-corrected chi connectivity index (χ1v) is 12.6. The van der Waals surface area contributed by atoms with Gasteiger partial charge in [-0.1, -0.05) is 23.7 Å². The van der Waals surface area contributed by atoms with E-state index in [1.807, 2.05) is 11.8 Å². The van der Waals surface area contributed by atoms with E-state index < -0.39 is 28.6 Å². The molecule has 2 aromatic heterocycles. The van der Waals surface area contributed by atoms with Crippen molar-refractivity contribution in [2.45, 2.75) is 38.3 Å². The summed E-state index contributed by atoms with van der Waals surface area (Å²) in [6.07, 6.45) is 0.252. The molecule has 0 saturated carbocycles. The maximum absolute atomic E-state index is 15.8. The Kier molecular flexibility index (Phi) is 7.12. The lowest BCUT2D eigenvalue weighted by Gasteiger charge is -2.40. The van der Waals surface area contributed by atoms with Crippen molar-refractivity contribution in [2.24, 2.45) is 5.41 Å². The minimum absolute atomic E-state index is 0.00193. The number of H-pyrrole nitrogens is 1. The Morgan fingerprint density at radius 2 is 1.95 bits per heavy atom. The number of anilines is 2. The lowest BCUT2D eigenvalue weighted by Crippen LogP contribution is -2.48.